The molecule has 0 aliphatic carbocycles. The largest absolute Gasteiger partial charge is 0.433 e. The first-order valence-corrected chi connectivity index (χ1v) is 12.8. The molecule has 1 aromatic heterocycles. The van der Waals surface area contributed by atoms with Crippen LogP contribution in [0.2, 0.25) is 0 Å². The van der Waals surface area contributed by atoms with Crippen LogP contribution in [0.25, 0.3) is 0 Å². The van der Waals surface area contributed by atoms with Crippen LogP contribution in [-0.4, -0.2) is 21.7 Å². The molecule has 0 saturated heterocycles. The molecule has 39 heavy (non-hydrogen) atoms. The van der Waals surface area contributed by atoms with E-state index in [0.717, 1.165) is 22.3 Å². The SMILES string of the molecule is Cc1nc(COC(c2ccccc2)(c2ccccc2)c2ccccc2)oc1C(=O)N1Cc2ccccc2C1=O. The minimum absolute atomic E-state index is 0.000967. The normalized spacial score (nSPS) is 12.9. The molecule has 4 aromatic carbocycles. The number of rotatable bonds is 7. The van der Waals surface area contributed by atoms with Crippen LogP contribution in [-0.2, 0) is 23.5 Å². The van der Waals surface area contributed by atoms with E-state index in [4.69, 9.17) is 9.15 Å². The van der Waals surface area contributed by atoms with Gasteiger partial charge in [0, 0.05) is 5.56 Å². The summed E-state index contributed by atoms with van der Waals surface area (Å²) < 4.78 is 12.7. The second-order valence-electron chi connectivity index (χ2n) is 9.44. The summed E-state index contributed by atoms with van der Waals surface area (Å²) in [5.74, 6) is -0.542. The van der Waals surface area contributed by atoms with Gasteiger partial charge in [0.2, 0.25) is 11.7 Å². The Morgan fingerprint density at radius 2 is 1.33 bits per heavy atom. The maximum Gasteiger partial charge on any atom is 0.298 e. The van der Waals surface area contributed by atoms with Crippen molar-refractivity contribution < 1.29 is 18.7 Å². The predicted octanol–water partition coefficient (Wildman–Crippen LogP) is 6.29. The Labute approximate surface area is 226 Å². The Bertz CT molecular complexity index is 1530. The molecule has 2 amide bonds. The zero-order valence-electron chi connectivity index (χ0n) is 21.4. The average Bonchev–Trinajstić information content (AvgIpc) is 3.54. The van der Waals surface area contributed by atoms with Crippen molar-refractivity contribution >= 4 is 11.8 Å². The second-order valence-corrected chi connectivity index (χ2v) is 9.44. The summed E-state index contributed by atoms with van der Waals surface area (Å²) in [6, 6.07) is 37.2. The minimum atomic E-state index is -0.955. The molecule has 0 saturated carbocycles. The van der Waals surface area contributed by atoms with Gasteiger partial charge in [0.25, 0.3) is 11.8 Å². The summed E-state index contributed by atoms with van der Waals surface area (Å²) in [5.41, 5.74) is 3.64. The minimum Gasteiger partial charge on any atom is -0.433 e. The lowest BCUT2D eigenvalue weighted by atomic mass is 9.80. The van der Waals surface area contributed by atoms with Crippen LogP contribution in [0.15, 0.2) is 120 Å². The molecule has 0 bridgehead atoms. The summed E-state index contributed by atoms with van der Waals surface area (Å²) >= 11 is 0. The standard InChI is InChI=1S/C33H26N2O4/c1-23-30(32(37)35-21-24-13-11-12-20-28(24)31(35)36)39-29(34-23)22-38-33(25-14-5-2-6-15-25,26-16-7-3-8-17-26)27-18-9-4-10-19-27/h2-20H,21-22H2,1H3. The van der Waals surface area contributed by atoms with Gasteiger partial charge in [0.1, 0.15) is 12.2 Å². The second kappa shape index (κ2) is 10.2. The van der Waals surface area contributed by atoms with Crippen LogP contribution >= 0.6 is 0 Å². The number of imide groups is 1. The number of aromatic nitrogens is 1. The lowest BCUT2D eigenvalue weighted by Crippen LogP contribution is -2.32. The number of carbonyl (C=O) groups excluding carboxylic acids is 2. The lowest BCUT2D eigenvalue weighted by molar-refractivity contribution is -0.0104. The molecular formula is C33H26N2O4. The molecule has 0 N–H and O–H groups in total. The van der Waals surface area contributed by atoms with E-state index in [1.54, 1.807) is 19.1 Å². The van der Waals surface area contributed by atoms with Gasteiger partial charge in [-0.25, -0.2) is 4.98 Å². The fourth-order valence-corrected chi connectivity index (χ4v) is 5.19. The smallest absolute Gasteiger partial charge is 0.298 e. The van der Waals surface area contributed by atoms with E-state index in [9.17, 15) is 9.59 Å². The maximum atomic E-state index is 13.4. The Kier molecular flexibility index (Phi) is 6.39. The van der Waals surface area contributed by atoms with Gasteiger partial charge in [-0.3, -0.25) is 14.5 Å². The van der Waals surface area contributed by atoms with E-state index < -0.39 is 11.5 Å². The van der Waals surface area contributed by atoms with E-state index in [-0.39, 0.29) is 30.7 Å². The Balaban J connectivity index is 1.34. The third kappa shape index (κ3) is 4.35. The number of nitrogens with zero attached hydrogens (tertiary/aromatic N) is 2. The van der Waals surface area contributed by atoms with Crippen LogP contribution in [0.5, 0.6) is 0 Å². The van der Waals surface area contributed by atoms with Crippen LogP contribution in [0.3, 0.4) is 0 Å². The van der Waals surface area contributed by atoms with Crippen molar-refractivity contribution in [3.63, 3.8) is 0 Å². The van der Waals surface area contributed by atoms with E-state index in [1.807, 2.05) is 103 Å². The molecule has 0 radical (unpaired) electrons. The molecule has 0 fully saturated rings. The summed E-state index contributed by atoms with van der Waals surface area (Å²) in [4.78, 5) is 31.9. The fraction of sp³-hybridized carbons (Fsp3) is 0.121. The van der Waals surface area contributed by atoms with Crippen molar-refractivity contribution in [3.8, 4) is 0 Å². The molecule has 0 atom stereocenters. The van der Waals surface area contributed by atoms with Crippen molar-refractivity contribution in [2.45, 2.75) is 25.7 Å². The molecule has 6 heteroatoms. The van der Waals surface area contributed by atoms with Gasteiger partial charge in [-0.05, 0) is 35.2 Å². The van der Waals surface area contributed by atoms with E-state index in [1.165, 1.54) is 4.90 Å². The van der Waals surface area contributed by atoms with E-state index in [0.29, 0.717) is 11.3 Å². The highest BCUT2D eigenvalue weighted by Crippen LogP contribution is 2.41. The lowest BCUT2D eigenvalue weighted by Gasteiger charge is -2.35. The molecule has 1 aliphatic rings. The molecule has 5 aromatic rings. The zero-order valence-corrected chi connectivity index (χ0v) is 21.4. The first-order chi connectivity index (χ1) is 19.1. The summed E-state index contributed by atoms with van der Waals surface area (Å²) in [5, 5.41) is 0. The number of aryl methyl sites for hydroxylation is 1. The molecule has 2 heterocycles. The van der Waals surface area contributed by atoms with Gasteiger partial charge in [-0.15, -0.1) is 0 Å². The van der Waals surface area contributed by atoms with Gasteiger partial charge in [0.15, 0.2) is 0 Å². The molecular weight excluding hydrogens is 488 g/mol. The number of carbonyl (C=O) groups is 2. The van der Waals surface area contributed by atoms with Crippen LogP contribution in [0.1, 0.15) is 54.8 Å². The maximum absolute atomic E-state index is 13.4. The van der Waals surface area contributed by atoms with Crippen LogP contribution in [0, 0.1) is 6.92 Å². The quantitative estimate of drug-likeness (QED) is 0.189. The van der Waals surface area contributed by atoms with Gasteiger partial charge < -0.3 is 9.15 Å². The Hall–Kier alpha value is -4.81. The first kappa shape index (κ1) is 24.5. The molecule has 6 nitrogen and oxygen atoms in total. The summed E-state index contributed by atoms with van der Waals surface area (Å²) in [6.07, 6.45) is 0. The molecule has 1 aliphatic heterocycles. The van der Waals surface area contributed by atoms with E-state index in [2.05, 4.69) is 4.98 Å². The van der Waals surface area contributed by atoms with E-state index >= 15 is 0 Å². The predicted molar refractivity (Wildman–Crippen MR) is 146 cm³/mol. The summed E-state index contributed by atoms with van der Waals surface area (Å²) in [7, 11) is 0. The third-order valence-corrected chi connectivity index (χ3v) is 7.05. The molecule has 192 valence electrons. The van der Waals surface area contributed by atoms with Crippen molar-refractivity contribution in [2.75, 3.05) is 0 Å². The van der Waals surface area contributed by atoms with Crippen molar-refractivity contribution in [1.29, 1.82) is 0 Å². The Morgan fingerprint density at radius 3 is 1.87 bits per heavy atom. The van der Waals surface area contributed by atoms with Crippen molar-refractivity contribution in [2.24, 2.45) is 0 Å². The fourth-order valence-electron chi connectivity index (χ4n) is 5.19. The van der Waals surface area contributed by atoms with Crippen molar-refractivity contribution in [1.82, 2.24) is 9.88 Å². The highest BCUT2D eigenvalue weighted by atomic mass is 16.5. The number of benzene rings is 4. The topological polar surface area (TPSA) is 72.6 Å². The van der Waals surface area contributed by atoms with Gasteiger partial charge >= 0.3 is 0 Å². The Morgan fingerprint density at radius 1 is 0.821 bits per heavy atom. The highest BCUT2D eigenvalue weighted by Gasteiger charge is 2.39. The average molecular weight is 515 g/mol. The van der Waals surface area contributed by atoms with Gasteiger partial charge in [-0.2, -0.15) is 0 Å². The first-order valence-electron chi connectivity index (χ1n) is 12.8. The van der Waals surface area contributed by atoms with Gasteiger partial charge in [-0.1, -0.05) is 109 Å². The molecule has 6 rings (SSSR count). The highest BCUT2D eigenvalue weighted by molar-refractivity contribution is 6.12. The number of hydrogen-bond acceptors (Lipinski definition) is 5. The monoisotopic (exact) mass is 514 g/mol. The number of oxazole rings is 1. The van der Waals surface area contributed by atoms with Crippen LogP contribution in [0.4, 0.5) is 0 Å². The number of hydrogen-bond donors (Lipinski definition) is 0. The van der Waals surface area contributed by atoms with Crippen molar-refractivity contribution in [3.05, 3.63) is 160 Å². The zero-order chi connectivity index (χ0) is 26.8. The third-order valence-electron chi connectivity index (χ3n) is 7.05. The summed E-state index contributed by atoms with van der Waals surface area (Å²) in [6.45, 7) is 1.91. The molecule has 0 spiro atoms. The van der Waals surface area contributed by atoms with Gasteiger partial charge in [0.05, 0.1) is 12.2 Å². The van der Waals surface area contributed by atoms with Crippen LogP contribution < -0.4 is 0 Å². The number of amides is 2. The number of fused-ring (bicyclic) bond motifs is 1. The molecule has 0 unspecified atom stereocenters. The number of ether oxygens (including phenoxy) is 1.